The van der Waals surface area contributed by atoms with Gasteiger partial charge in [-0.05, 0) is 76.3 Å². The van der Waals surface area contributed by atoms with Crippen LogP contribution in [-0.2, 0) is 30.3 Å². The third-order valence-electron chi connectivity index (χ3n) is 9.40. The molecule has 0 heterocycles. The summed E-state index contributed by atoms with van der Waals surface area (Å²) >= 11 is 0. The number of amides is 3. The first-order valence-corrected chi connectivity index (χ1v) is 18.7. The van der Waals surface area contributed by atoms with Crippen molar-refractivity contribution in [1.82, 2.24) is 10.6 Å². The molecule has 11 nitrogen and oxygen atoms in total. The molecule has 308 valence electrons. The Morgan fingerprint density at radius 1 is 0.793 bits per heavy atom. The summed E-state index contributed by atoms with van der Waals surface area (Å²) in [5, 5.41) is 19.1. The Kier molecular flexibility index (Phi) is 14.1. The summed E-state index contributed by atoms with van der Waals surface area (Å²) in [5.41, 5.74) is -1.45. The van der Waals surface area contributed by atoms with Crippen LogP contribution >= 0.6 is 0 Å². The largest absolute Gasteiger partial charge is 0.485 e. The average molecular weight is 808 g/mol. The van der Waals surface area contributed by atoms with Gasteiger partial charge in [0.15, 0.2) is 17.4 Å². The summed E-state index contributed by atoms with van der Waals surface area (Å²) in [6, 6.07) is 22.3. The quantitative estimate of drug-likeness (QED) is 0.0389. The second-order valence-electron chi connectivity index (χ2n) is 15.0. The summed E-state index contributed by atoms with van der Waals surface area (Å²) in [6.45, 7) is 3.70. The highest BCUT2D eigenvalue weighted by atomic mass is 19.2. The zero-order chi connectivity index (χ0) is 42.0. The van der Waals surface area contributed by atoms with Crippen LogP contribution in [-0.4, -0.2) is 59.2 Å². The molecule has 1 saturated carbocycles. The molecule has 4 aromatic carbocycles. The fourth-order valence-corrected chi connectivity index (χ4v) is 6.22. The molecule has 15 heteroatoms. The Balaban J connectivity index is 1.34. The van der Waals surface area contributed by atoms with Crippen molar-refractivity contribution in [3.05, 3.63) is 120 Å². The van der Waals surface area contributed by atoms with Crippen LogP contribution in [0.15, 0.2) is 91.0 Å². The van der Waals surface area contributed by atoms with Crippen LogP contribution in [0.25, 0.3) is 0 Å². The van der Waals surface area contributed by atoms with Gasteiger partial charge in [0.2, 0.25) is 29.4 Å². The second kappa shape index (κ2) is 19.0. The van der Waals surface area contributed by atoms with E-state index in [2.05, 4.69) is 16.0 Å². The number of para-hydroxylation sites is 1. The van der Waals surface area contributed by atoms with Crippen molar-refractivity contribution in [3.63, 3.8) is 0 Å². The summed E-state index contributed by atoms with van der Waals surface area (Å²) in [4.78, 5) is 54.9. The van der Waals surface area contributed by atoms with Gasteiger partial charge < -0.3 is 35.3 Å². The molecule has 0 spiro atoms. The van der Waals surface area contributed by atoms with Crippen LogP contribution in [0, 0.1) is 28.7 Å². The average Bonchev–Trinajstić information content (AvgIpc) is 3.15. The van der Waals surface area contributed by atoms with Crippen molar-refractivity contribution in [2.24, 2.45) is 5.41 Å². The fraction of sp³-hybridized carbons (Fsp3) is 0.349. The van der Waals surface area contributed by atoms with E-state index in [0.29, 0.717) is 30.0 Å². The molecule has 1 aliphatic carbocycles. The van der Waals surface area contributed by atoms with Gasteiger partial charge in [-0.15, -0.1) is 0 Å². The SMILES string of the molecule is CC(C)(C)OC(=O)CC(NC(=O)C1(C(=O)NC(CCc2ccccc2)C(=O)Nc2cccc(Oc3ccccc3)c2)CCC1)C(O)COc1c(F)c(F)cc(F)c1F. The third kappa shape index (κ3) is 11.3. The lowest BCUT2D eigenvalue weighted by Gasteiger charge is -2.40. The molecule has 58 heavy (non-hydrogen) atoms. The van der Waals surface area contributed by atoms with Gasteiger partial charge in [0.25, 0.3) is 0 Å². The molecule has 0 aliphatic heterocycles. The van der Waals surface area contributed by atoms with Gasteiger partial charge in [-0.25, -0.2) is 8.78 Å². The maximum atomic E-state index is 14.3. The monoisotopic (exact) mass is 807 g/mol. The van der Waals surface area contributed by atoms with E-state index in [1.165, 1.54) is 0 Å². The molecule has 0 radical (unpaired) electrons. The number of ether oxygens (including phenoxy) is 3. The summed E-state index contributed by atoms with van der Waals surface area (Å²) in [6.07, 6.45) is -1.54. The lowest BCUT2D eigenvalue weighted by Crippen LogP contribution is -2.61. The summed E-state index contributed by atoms with van der Waals surface area (Å²) < 4.78 is 72.4. The van der Waals surface area contributed by atoms with Gasteiger partial charge >= 0.3 is 5.97 Å². The second-order valence-corrected chi connectivity index (χ2v) is 15.0. The van der Waals surface area contributed by atoms with E-state index in [0.717, 1.165) is 5.56 Å². The smallest absolute Gasteiger partial charge is 0.308 e. The molecule has 1 fully saturated rings. The van der Waals surface area contributed by atoms with E-state index in [9.17, 15) is 41.8 Å². The molecule has 3 atom stereocenters. The van der Waals surface area contributed by atoms with E-state index in [1.807, 2.05) is 48.5 Å². The Labute approximate surface area is 333 Å². The number of halogens is 4. The number of rotatable bonds is 17. The molecular weight excluding hydrogens is 762 g/mol. The predicted octanol–water partition coefficient (Wildman–Crippen LogP) is 6.92. The zero-order valence-electron chi connectivity index (χ0n) is 32.2. The zero-order valence-corrected chi connectivity index (χ0v) is 32.2. The van der Waals surface area contributed by atoms with E-state index < -0.39 is 94.9 Å². The van der Waals surface area contributed by atoms with Crippen LogP contribution in [0.4, 0.5) is 23.2 Å². The Hall–Kier alpha value is -5.96. The Bertz CT molecular complexity index is 2050. The number of anilines is 1. The topological polar surface area (TPSA) is 152 Å². The molecule has 4 aromatic rings. The van der Waals surface area contributed by atoms with Crippen LogP contribution in [0.2, 0.25) is 0 Å². The van der Waals surface area contributed by atoms with Crippen LogP contribution < -0.4 is 25.4 Å². The normalized spacial score (nSPS) is 14.8. The molecule has 3 amide bonds. The van der Waals surface area contributed by atoms with Crippen molar-refractivity contribution in [2.75, 3.05) is 11.9 Å². The van der Waals surface area contributed by atoms with Crippen molar-refractivity contribution >= 4 is 29.4 Å². The lowest BCUT2D eigenvalue weighted by atomic mass is 9.67. The molecule has 4 N–H and O–H groups in total. The number of aliphatic hydroxyl groups is 1. The molecular formula is C43H45F4N3O8. The Morgan fingerprint density at radius 2 is 1.40 bits per heavy atom. The van der Waals surface area contributed by atoms with Crippen LogP contribution in [0.5, 0.6) is 17.2 Å². The van der Waals surface area contributed by atoms with E-state index in [-0.39, 0.29) is 25.3 Å². The number of carbonyl (C=O) groups is 4. The highest BCUT2D eigenvalue weighted by Crippen LogP contribution is 2.42. The molecule has 1 aliphatic rings. The Morgan fingerprint density at radius 3 is 2.00 bits per heavy atom. The number of aliphatic hydroxyl groups excluding tert-OH is 1. The summed E-state index contributed by atoms with van der Waals surface area (Å²) in [7, 11) is 0. The maximum Gasteiger partial charge on any atom is 0.308 e. The number of hydrogen-bond acceptors (Lipinski definition) is 8. The molecule has 0 bridgehead atoms. The van der Waals surface area contributed by atoms with Crippen molar-refractivity contribution in [1.29, 1.82) is 0 Å². The first-order chi connectivity index (χ1) is 27.5. The maximum absolute atomic E-state index is 14.3. The number of nitrogens with one attached hydrogen (secondary N) is 3. The predicted molar refractivity (Wildman–Crippen MR) is 205 cm³/mol. The number of aryl methyl sites for hydroxylation is 1. The molecule has 3 unspecified atom stereocenters. The lowest BCUT2D eigenvalue weighted by molar-refractivity contribution is -0.157. The van der Waals surface area contributed by atoms with E-state index >= 15 is 0 Å². The highest BCUT2D eigenvalue weighted by molar-refractivity contribution is 6.08. The van der Waals surface area contributed by atoms with Crippen LogP contribution in [0.3, 0.4) is 0 Å². The first-order valence-electron chi connectivity index (χ1n) is 18.7. The summed E-state index contributed by atoms with van der Waals surface area (Å²) in [5.74, 6) is -10.8. The number of benzene rings is 4. The van der Waals surface area contributed by atoms with E-state index in [1.54, 1.807) is 57.2 Å². The van der Waals surface area contributed by atoms with Gasteiger partial charge in [-0.1, -0.05) is 61.0 Å². The van der Waals surface area contributed by atoms with Crippen molar-refractivity contribution in [3.8, 4) is 17.2 Å². The number of carbonyl (C=O) groups excluding carboxylic acids is 4. The minimum Gasteiger partial charge on any atom is -0.485 e. The van der Waals surface area contributed by atoms with Gasteiger partial charge in [-0.3, -0.25) is 19.2 Å². The van der Waals surface area contributed by atoms with E-state index in [4.69, 9.17) is 14.2 Å². The fourth-order valence-electron chi connectivity index (χ4n) is 6.22. The first kappa shape index (κ1) is 43.2. The third-order valence-corrected chi connectivity index (χ3v) is 9.40. The van der Waals surface area contributed by atoms with Crippen LogP contribution in [0.1, 0.15) is 58.4 Å². The van der Waals surface area contributed by atoms with Gasteiger partial charge in [-0.2, -0.15) is 8.78 Å². The standard InChI is InChI=1S/C43H45F4N3O8/c1-42(2,3)58-35(52)24-33(34(51)25-56-38-36(46)30(44)23-31(45)37(38)47)50-41(55)43(20-11-21-43)40(54)49-32(19-18-26-12-6-4-7-13-26)39(53)48-27-14-10-17-29(22-27)57-28-15-8-5-9-16-28/h4-10,12-17,22-23,32-34,51H,11,18-21,24-25H2,1-3H3,(H,48,53)(H,49,54)(H,50,55). The highest BCUT2D eigenvalue weighted by Gasteiger charge is 2.52. The molecule has 0 saturated heterocycles. The van der Waals surface area contributed by atoms with Gasteiger partial charge in [0.05, 0.1) is 12.5 Å². The minimum absolute atomic E-state index is 0.0158. The van der Waals surface area contributed by atoms with Crippen molar-refractivity contribution < 1.29 is 56.1 Å². The van der Waals surface area contributed by atoms with Gasteiger partial charge in [0.1, 0.15) is 41.3 Å². The van der Waals surface area contributed by atoms with Crippen molar-refractivity contribution in [2.45, 2.75) is 83.1 Å². The number of esters is 1. The minimum atomic E-state index is -1.91. The number of hydrogen-bond donors (Lipinski definition) is 4. The molecule has 0 aromatic heterocycles. The molecule has 5 rings (SSSR count). The van der Waals surface area contributed by atoms with Gasteiger partial charge in [0, 0.05) is 17.8 Å².